The molecule has 3 aromatic rings. The summed E-state index contributed by atoms with van der Waals surface area (Å²) in [6.45, 7) is 13.8. The molecular weight excluding hydrogens is 651 g/mol. The van der Waals surface area contributed by atoms with Crippen molar-refractivity contribution in [2.75, 3.05) is 26.2 Å². The number of aryl methyl sites for hydroxylation is 3. The maximum atomic E-state index is 14.8. The van der Waals surface area contributed by atoms with E-state index in [9.17, 15) is 19.5 Å². The maximum Gasteiger partial charge on any atom is 0.309 e. The molecule has 0 radical (unpaired) electrons. The van der Waals surface area contributed by atoms with Crippen LogP contribution in [0.2, 0.25) is 0 Å². The molecule has 2 atom stereocenters. The number of rotatable bonds is 14. The van der Waals surface area contributed by atoms with Crippen LogP contribution in [0, 0.1) is 33.1 Å². The lowest BCUT2D eigenvalue weighted by atomic mass is 9.82. The smallest absolute Gasteiger partial charge is 0.309 e. The summed E-state index contributed by atoms with van der Waals surface area (Å²) in [5, 5.41) is 13.3. The Labute approximate surface area is 309 Å². The van der Waals surface area contributed by atoms with Gasteiger partial charge >= 0.3 is 5.97 Å². The van der Waals surface area contributed by atoms with E-state index in [1.807, 2.05) is 4.90 Å². The molecule has 52 heavy (non-hydrogen) atoms. The lowest BCUT2D eigenvalue weighted by Gasteiger charge is -2.45. The summed E-state index contributed by atoms with van der Waals surface area (Å²) in [7, 11) is 0. The van der Waals surface area contributed by atoms with E-state index >= 15 is 0 Å². The predicted octanol–water partition coefficient (Wildman–Crippen LogP) is 6.99. The van der Waals surface area contributed by atoms with Gasteiger partial charge in [-0.2, -0.15) is 0 Å². The Morgan fingerprint density at radius 2 is 1.58 bits per heavy atom. The highest BCUT2D eigenvalue weighted by Gasteiger charge is 2.43. The third kappa shape index (κ3) is 8.77. The molecule has 0 spiro atoms. The van der Waals surface area contributed by atoms with Crippen molar-refractivity contribution < 1.29 is 24.2 Å². The average Bonchev–Trinajstić information content (AvgIpc) is 3.95. The highest BCUT2D eigenvalue weighted by molar-refractivity contribution is 6.03. The van der Waals surface area contributed by atoms with Crippen LogP contribution in [0.1, 0.15) is 84.9 Å². The summed E-state index contributed by atoms with van der Waals surface area (Å²) in [6, 6.07) is 21.3. The third-order valence-electron chi connectivity index (χ3n) is 11.3. The molecule has 2 aliphatic heterocycles. The van der Waals surface area contributed by atoms with Crippen molar-refractivity contribution in [3.63, 3.8) is 0 Å². The number of hydrogen-bond acceptors (Lipinski definition) is 5. The summed E-state index contributed by atoms with van der Waals surface area (Å²) in [5.41, 5.74) is 9.09. The first-order valence-corrected chi connectivity index (χ1v) is 19.0. The zero-order valence-corrected chi connectivity index (χ0v) is 31.8. The van der Waals surface area contributed by atoms with E-state index in [1.54, 1.807) is 13.8 Å². The SMILES string of the molecule is Cc1ccc(CCN(C(=O)C2=C(c3ccc(CCOc4cc(C)cc(C)c4C)cc3)C[C@@H]3CN(C(=O)CCC(C)(C)C(=O)O)C[C@H]2N3)C2CC2)cc1. The number of amides is 2. The minimum Gasteiger partial charge on any atom is -0.493 e. The zero-order valence-electron chi connectivity index (χ0n) is 31.8. The molecule has 8 heteroatoms. The van der Waals surface area contributed by atoms with Crippen LogP contribution in [-0.2, 0) is 27.2 Å². The van der Waals surface area contributed by atoms with Crippen LogP contribution in [0.15, 0.2) is 66.2 Å². The van der Waals surface area contributed by atoms with Crippen molar-refractivity contribution >= 4 is 23.4 Å². The van der Waals surface area contributed by atoms with E-state index < -0.39 is 11.4 Å². The standard InChI is InChI=1S/C44H55N3O5/c1-28-7-9-32(10-8-28)18-21-47(36-15-16-36)42(49)41-37(25-35-26-46(27-38(41)45-35)40(48)17-20-44(5,6)43(50)51)34-13-11-33(12-14-34)19-22-52-39-24-29(2)23-30(3)31(39)4/h7-14,23-24,35-36,38,45H,15-22,25-27H2,1-6H3,(H,50,51)/t35-,38-/m1/s1. The van der Waals surface area contributed by atoms with Gasteiger partial charge in [0.25, 0.3) is 5.91 Å². The average molecular weight is 706 g/mol. The zero-order chi connectivity index (χ0) is 37.2. The molecule has 8 nitrogen and oxygen atoms in total. The number of benzene rings is 3. The Hall–Kier alpha value is -4.43. The lowest BCUT2D eigenvalue weighted by Crippen LogP contribution is -2.62. The number of aliphatic carboxylic acids is 1. The highest BCUT2D eigenvalue weighted by atomic mass is 16.5. The topological polar surface area (TPSA) is 99.2 Å². The maximum absolute atomic E-state index is 14.8. The lowest BCUT2D eigenvalue weighted by molar-refractivity contribution is -0.148. The van der Waals surface area contributed by atoms with E-state index in [0.29, 0.717) is 32.7 Å². The number of ether oxygens (including phenoxy) is 1. The van der Waals surface area contributed by atoms with Gasteiger partial charge in [-0.25, -0.2) is 0 Å². The molecule has 2 bridgehead atoms. The van der Waals surface area contributed by atoms with Crippen molar-refractivity contribution in [1.29, 1.82) is 0 Å². The summed E-state index contributed by atoms with van der Waals surface area (Å²) >= 11 is 0. The molecule has 0 aromatic heterocycles. The van der Waals surface area contributed by atoms with Gasteiger partial charge in [-0.05, 0) is 119 Å². The summed E-state index contributed by atoms with van der Waals surface area (Å²) in [6.07, 6.45) is 4.63. The molecule has 276 valence electrons. The number of carboxylic acids is 1. The Morgan fingerprint density at radius 3 is 2.25 bits per heavy atom. The summed E-state index contributed by atoms with van der Waals surface area (Å²) < 4.78 is 6.21. The first-order chi connectivity index (χ1) is 24.8. The van der Waals surface area contributed by atoms with Crippen LogP contribution in [0.4, 0.5) is 0 Å². The fourth-order valence-electron chi connectivity index (χ4n) is 7.55. The second kappa shape index (κ2) is 15.7. The second-order valence-electron chi connectivity index (χ2n) is 16.0. The van der Waals surface area contributed by atoms with Gasteiger partial charge in [0, 0.05) is 50.1 Å². The van der Waals surface area contributed by atoms with Crippen molar-refractivity contribution in [1.82, 2.24) is 15.1 Å². The highest BCUT2D eigenvalue weighted by Crippen LogP contribution is 2.37. The number of carbonyl (C=O) groups is 3. The minimum atomic E-state index is -0.979. The largest absolute Gasteiger partial charge is 0.493 e. The molecular formula is C44H55N3O5. The Balaban J connectivity index is 1.24. The minimum absolute atomic E-state index is 0.00207. The van der Waals surface area contributed by atoms with Crippen molar-refractivity contribution in [3.05, 3.63) is 105 Å². The molecule has 3 aromatic carbocycles. The monoisotopic (exact) mass is 705 g/mol. The molecule has 2 fully saturated rings. The van der Waals surface area contributed by atoms with Gasteiger partial charge in [0.05, 0.1) is 18.1 Å². The molecule has 2 N–H and O–H groups in total. The van der Waals surface area contributed by atoms with Crippen molar-refractivity contribution in [2.45, 2.75) is 105 Å². The third-order valence-corrected chi connectivity index (χ3v) is 11.3. The molecule has 2 amide bonds. The normalized spacial score (nSPS) is 18.7. The molecule has 3 aliphatic rings. The van der Waals surface area contributed by atoms with Crippen LogP contribution in [0.25, 0.3) is 5.57 Å². The van der Waals surface area contributed by atoms with Crippen LogP contribution in [0.3, 0.4) is 0 Å². The number of carbonyl (C=O) groups excluding carboxylic acids is 2. The molecule has 2 heterocycles. The van der Waals surface area contributed by atoms with E-state index in [1.165, 1.54) is 33.4 Å². The van der Waals surface area contributed by atoms with Crippen LogP contribution in [0.5, 0.6) is 5.75 Å². The number of nitrogens with zero attached hydrogens (tertiary/aromatic N) is 2. The first-order valence-electron chi connectivity index (χ1n) is 19.0. The van der Waals surface area contributed by atoms with E-state index in [0.717, 1.165) is 48.1 Å². The van der Waals surface area contributed by atoms with Gasteiger partial charge in [-0.3, -0.25) is 14.4 Å². The van der Waals surface area contributed by atoms with Gasteiger partial charge in [0.15, 0.2) is 0 Å². The molecule has 1 saturated carbocycles. The number of piperazine rings is 1. The van der Waals surface area contributed by atoms with Crippen molar-refractivity contribution in [3.8, 4) is 5.75 Å². The second-order valence-corrected chi connectivity index (χ2v) is 16.0. The van der Waals surface area contributed by atoms with Gasteiger partial charge in [0.1, 0.15) is 5.75 Å². The Kier molecular flexibility index (Phi) is 11.2. The van der Waals surface area contributed by atoms with Crippen LogP contribution < -0.4 is 10.1 Å². The predicted molar refractivity (Wildman–Crippen MR) is 205 cm³/mol. The fourth-order valence-corrected chi connectivity index (χ4v) is 7.55. The number of fused-ring (bicyclic) bond motifs is 2. The first kappa shape index (κ1) is 37.3. The quantitative estimate of drug-likeness (QED) is 0.188. The fraction of sp³-hybridized carbons (Fsp3) is 0.477. The van der Waals surface area contributed by atoms with Gasteiger partial charge in [-0.1, -0.05) is 60.2 Å². The van der Waals surface area contributed by atoms with Crippen molar-refractivity contribution in [2.24, 2.45) is 5.41 Å². The van der Waals surface area contributed by atoms with E-state index in [4.69, 9.17) is 4.74 Å². The van der Waals surface area contributed by atoms with E-state index in [2.05, 4.69) is 98.6 Å². The number of carboxylic acid groups (broad SMARTS) is 1. The summed E-state index contributed by atoms with van der Waals surface area (Å²) in [4.78, 5) is 44.0. The van der Waals surface area contributed by atoms with Gasteiger partial charge in [-0.15, -0.1) is 0 Å². The molecule has 1 saturated heterocycles. The molecule has 1 aliphatic carbocycles. The Morgan fingerprint density at radius 1 is 0.904 bits per heavy atom. The van der Waals surface area contributed by atoms with Gasteiger partial charge < -0.3 is 25.0 Å². The van der Waals surface area contributed by atoms with Crippen LogP contribution in [-0.4, -0.2) is 77.1 Å². The number of nitrogens with one attached hydrogen (secondary N) is 1. The number of hydrogen-bond donors (Lipinski definition) is 2. The van der Waals surface area contributed by atoms with Crippen LogP contribution >= 0.6 is 0 Å². The Bertz CT molecular complexity index is 1820. The molecule has 6 rings (SSSR count). The van der Waals surface area contributed by atoms with Gasteiger partial charge in [0.2, 0.25) is 5.91 Å². The molecule has 0 unspecified atom stereocenters. The summed E-state index contributed by atoms with van der Waals surface area (Å²) in [5.74, 6) is 0.0355. The van der Waals surface area contributed by atoms with E-state index in [-0.39, 0.29) is 42.8 Å².